The second-order valence-electron chi connectivity index (χ2n) is 5.10. The van der Waals surface area contributed by atoms with Crippen molar-refractivity contribution >= 4 is 5.97 Å². The lowest BCUT2D eigenvalue weighted by atomic mass is 10.1. The van der Waals surface area contributed by atoms with Gasteiger partial charge in [-0.05, 0) is 36.8 Å². The quantitative estimate of drug-likeness (QED) is 0.675. The smallest absolute Gasteiger partial charge is 0.338 e. The van der Waals surface area contributed by atoms with Crippen LogP contribution in [0.2, 0.25) is 0 Å². The van der Waals surface area contributed by atoms with E-state index in [9.17, 15) is 4.79 Å². The number of aromatic nitrogens is 2. The average molecular weight is 308 g/mol. The fourth-order valence-electron chi connectivity index (χ4n) is 2.15. The second-order valence-corrected chi connectivity index (χ2v) is 5.10. The number of benzene rings is 2. The lowest BCUT2D eigenvalue weighted by molar-refractivity contribution is 0.0509. The van der Waals surface area contributed by atoms with Gasteiger partial charge in [0, 0.05) is 12.0 Å². The maximum atomic E-state index is 12.0. The van der Waals surface area contributed by atoms with Gasteiger partial charge in [0.25, 0.3) is 5.89 Å². The fraction of sp³-hybridized carbons (Fsp3) is 0.167. The zero-order valence-corrected chi connectivity index (χ0v) is 12.7. The van der Waals surface area contributed by atoms with Crippen molar-refractivity contribution in [2.24, 2.45) is 0 Å². The minimum atomic E-state index is -0.339. The number of hydrogen-bond acceptors (Lipinski definition) is 5. The van der Waals surface area contributed by atoms with E-state index < -0.39 is 0 Å². The molecule has 0 spiro atoms. The molecule has 3 rings (SSSR count). The molecular weight excluding hydrogens is 292 g/mol. The Kier molecular flexibility index (Phi) is 4.47. The van der Waals surface area contributed by atoms with Gasteiger partial charge in [0.05, 0.1) is 12.2 Å². The fourth-order valence-corrected chi connectivity index (χ4v) is 2.15. The van der Waals surface area contributed by atoms with Crippen LogP contribution >= 0.6 is 0 Å². The first kappa shape index (κ1) is 15.0. The van der Waals surface area contributed by atoms with Gasteiger partial charge in [-0.15, -0.1) is 0 Å². The largest absolute Gasteiger partial charge is 0.462 e. The summed E-state index contributed by atoms with van der Waals surface area (Å²) in [6.07, 6.45) is 0.700. The lowest BCUT2D eigenvalue weighted by Gasteiger charge is -2.05. The zero-order valence-electron chi connectivity index (χ0n) is 12.7. The van der Waals surface area contributed by atoms with Crippen LogP contribution in [0, 0.1) is 6.92 Å². The molecule has 0 aliphatic heterocycles. The normalized spacial score (nSPS) is 10.5. The van der Waals surface area contributed by atoms with Gasteiger partial charge in [-0.1, -0.05) is 35.5 Å². The maximum absolute atomic E-state index is 12.0. The summed E-state index contributed by atoms with van der Waals surface area (Å²) in [6.45, 7) is 2.11. The Balaban J connectivity index is 1.57. The Labute approximate surface area is 133 Å². The molecule has 0 N–H and O–H groups in total. The van der Waals surface area contributed by atoms with Gasteiger partial charge < -0.3 is 9.26 Å². The van der Waals surface area contributed by atoms with Crippen LogP contribution < -0.4 is 0 Å². The first-order valence-electron chi connectivity index (χ1n) is 7.34. The van der Waals surface area contributed by atoms with Crippen molar-refractivity contribution in [3.05, 3.63) is 71.5 Å². The Morgan fingerprint density at radius 3 is 2.48 bits per heavy atom. The Bertz CT molecular complexity index is 780. The van der Waals surface area contributed by atoms with Gasteiger partial charge >= 0.3 is 5.97 Å². The van der Waals surface area contributed by atoms with Gasteiger partial charge in [-0.25, -0.2) is 4.79 Å². The monoisotopic (exact) mass is 308 g/mol. The standard InChI is InChI=1S/C18H16N2O3/c1-13-19-17(23-20-13)15-7-9-16(10-8-15)18(21)22-12-11-14-5-3-2-4-6-14/h2-10H,11-12H2,1H3. The SMILES string of the molecule is Cc1noc(-c2ccc(C(=O)OCCc3ccccc3)cc2)n1. The number of rotatable bonds is 5. The average Bonchev–Trinajstić information content (AvgIpc) is 3.02. The summed E-state index contributed by atoms with van der Waals surface area (Å²) in [5, 5.41) is 3.74. The molecule has 0 amide bonds. The summed E-state index contributed by atoms with van der Waals surface area (Å²) in [4.78, 5) is 16.2. The predicted octanol–water partition coefficient (Wildman–Crippen LogP) is 3.44. The summed E-state index contributed by atoms with van der Waals surface area (Å²) in [5.41, 5.74) is 2.41. The van der Waals surface area contributed by atoms with Crippen LogP contribution in [-0.4, -0.2) is 22.7 Å². The van der Waals surface area contributed by atoms with E-state index in [4.69, 9.17) is 9.26 Å². The molecular formula is C18H16N2O3. The molecule has 2 aromatic carbocycles. The van der Waals surface area contributed by atoms with E-state index in [1.807, 2.05) is 30.3 Å². The third kappa shape index (κ3) is 3.83. The van der Waals surface area contributed by atoms with Crippen molar-refractivity contribution in [1.82, 2.24) is 10.1 Å². The predicted molar refractivity (Wildman–Crippen MR) is 84.9 cm³/mol. The van der Waals surface area contributed by atoms with Crippen molar-refractivity contribution in [3.8, 4) is 11.5 Å². The van der Waals surface area contributed by atoms with Gasteiger partial charge in [-0.3, -0.25) is 0 Å². The molecule has 0 saturated heterocycles. The summed E-state index contributed by atoms with van der Waals surface area (Å²) in [7, 11) is 0. The second kappa shape index (κ2) is 6.87. The molecule has 0 aliphatic carbocycles. The number of esters is 1. The molecule has 3 aromatic rings. The minimum Gasteiger partial charge on any atom is -0.462 e. The highest BCUT2D eigenvalue weighted by Crippen LogP contribution is 2.18. The number of aryl methyl sites for hydroxylation is 1. The minimum absolute atomic E-state index is 0.339. The topological polar surface area (TPSA) is 65.2 Å². The van der Waals surface area contributed by atoms with Crippen LogP contribution in [0.1, 0.15) is 21.7 Å². The van der Waals surface area contributed by atoms with E-state index in [2.05, 4.69) is 10.1 Å². The van der Waals surface area contributed by atoms with Gasteiger partial charge in [-0.2, -0.15) is 4.98 Å². The van der Waals surface area contributed by atoms with Crippen molar-refractivity contribution in [2.45, 2.75) is 13.3 Å². The first-order chi connectivity index (χ1) is 11.2. The molecule has 23 heavy (non-hydrogen) atoms. The van der Waals surface area contributed by atoms with E-state index in [0.29, 0.717) is 30.3 Å². The number of nitrogens with zero attached hydrogens (tertiary/aromatic N) is 2. The molecule has 5 heteroatoms. The number of carbonyl (C=O) groups excluding carboxylic acids is 1. The van der Waals surface area contributed by atoms with Crippen LogP contribution in [0.15, 0.2) is 59.1 Å². The number of ether oxygens (including phenoxy) is 1. The van der Waals surface area contributed by atoms with E-state index in [1.54, 1.807) is 31.2 Å². The van der Waals surface area contributed by atoms with E-state index in [0.717, 1.165) is 11.1 Å². The van der Waals surface area contributed by atoms with Crippen molar-refractivity contribution in [3.63, 3.8) is 0 Å². The molecule has 0 aliphatic rings. The molecule has 0 saturated carbocycles. The zero-order chi connectivity index (χ0) is 16.1. The number of hydrogen-bond donors (Lipinski definition) is 0. The molecule has 0 radical (unpaired) electrons. The summed E-state index contributed by atoms with van der Waals surface area (Å²) >= 11 is 0. The Hall–Kier alpha value is -2.95. The van der Waals surface area contributed by atoms with E-state index in [1.165, 1.54) is 0 Å². The summed E-state index contributed by atoms with van der Waals surface area (Å²) in [5.74, 6) is 0.671. The Morgan fingerprint density at radius 2 is 1.83 bits per heavy atom. The third-order valence-electron chi connectivity index (χ3n) is 3.36. The molecule has 0 fully saturated rings. The van der Waals surface area contributed by atoms with Crippen LogP contribution in [0.5, 0.6) is 0 Å². The summed E-state index contributed by atoms with van der Waals surface area (Å²) in [6, 6.07) is 16.8. The molecule has 0 unspecified atom stereocenters. The van der Waals surface area contributed by atoms with Gasteiger partial charge in [0.2, 0.25) is 0 Å². The highest BCUT2D eigenvalue weighted by molar-refractivity contribution is 5.89. The van der Waals surface area contributed by atoms with Gasteiger partial charge in [0.1, 0.15) is 0 Å². The van der Waals surface area contributed by atoms with Crippen molar-refractivity contribution in [2.75, 3.05) is 6.61 Å². The summed E-state index contributed by atoms with van der Waals surface area (Å²) < 4.78 is 10.4. The highest BCUT2D eigenvalue weighted by atomic mass is 16.5. The van der Waals surface area contributed by atoms with E-state index in [-0.39, 0.29) is 5.97 Å². The molecule has 116 valence electrons. The third-order valence-corrected chi connectivity index (χ3v) is 3.36. The lowest BCUT2D eigenvalue weighted by Crippen LogP contribution is -2.08. The highest BCUT2D eigenvalue weighted by Gasteiger charge is 2.10. The van der Waals surface area contributed by atoms with Crippen LogP contribution in [0.25, 0.3) is 11.5 Å². The number of carbonyl (C=O) groups is 1. The molecule has 5 nitrogen and oxygen atoms in total. The molecule has 1 heterocycles. The first-order valence-corrected chi connectivity index (χ1v) is 7.34. The van der Waals surface area contributed by atoms with Crippen molar-refractivity contribution < 1.29 is 14.1 Å². The maximum Gasteiger partial charge on any atom is 0.338 e. The molecule has 0 bridgehead atoms. The van der Waals surface area contributed by atoms with Gasteiger partial charge in [0.15, 0.2) is 5.82 Å². The Morgan fingerprint density at radius 1 is 1.09 bits per heavy atom. The van der Waals surface area contributed by atoms with Crippen molar-refractivity contribution in [1.29, 1.82) is 0 Å². The molecule has 1 aromatic heterocycles. The molecule has 0 atom stereocenters. The van der Waals surface area contributed by atoms with Crippen LogP contribution in [-0.2, 0) is 11.2 Å². The van der Waals surface area contributed by atoms with E-state index >= 15 is 0 Å². The van der Waals surface area contributed by atoms with Crippen LogP contribution in [0.3, 0.4) is 0 Å². The van der Waals surface area contributed by atoms with Crippen LogP contribution in [0.4, 0.5) is 0 Å².